The van der Waals surface area contributed by atoms with Gasteiger partial charge in [0.25, 0.3) is 5.95 Å². The van der Waals surface area contributed by atoms with Crippen molar-refractivity contribution in [3.05, 3.63) is 17.9 Å². The number of hydrogen-bond acceptors (Lipinski definition) is 7. The first-order chi connectivity index (χ1) is 10.1. The third-order valence-electron chi connectivity index (χ3n) is 3.16. The van der Waals surface area contributed by atoms with Crippen LogP contribution in [0.4, 0.5) is 5.95 Å². The summed E-state index contributed by atoms with van der Waals surface area (Å²) >= 11 is 5.95. The van der Waals surface area contributed by atoms with Crippen LogP contribution in [0.3, 0.4) is 0 Å². The molecule has 1 amide bonds. The molecule has 1 aliphatic rings. The van der Waals surface area contributed by atoms with E-state index in [1.165, 1.54) is 17.3 Å². The van der Waals surface area contributed by atoms with E-state index < -0.39 is 0 Å². The Morgan fingerprint density at radius 3 is 2.76 bits per heavy atom. The lowest BCUT2D eigenvalue weighted by Gasteiger charge is -2.19. The van der Waals surface area contributed by atoms with Gasteiger partial charge in [-0.05, 0) is 18.0 Å². The highest BCUT2D eigenvalue weighted by Gasteiger charge is 2.22. The largest absolute Gasteiger partial charge is 0.344 e. The molecule has 0 N–H and O–H groups in total. The number of hydrogen-bond donors (Lipinski definition) is 0. The van der Waals surface area contributed by atoms with Crippen LogP contribution in [0.5, 0.6) is 0 Å². The van der Waals surface area contributed by atoms with Crippen molar-refractivity contribution in [2.45, 2.75) is 6.42 Å². The molecule has 0 aliphatic carbocycles. The van der Waals surface area contributed by atoms with E-state index in [2.05, 4.69) is 25.0 Å². The van der Waals surface area contributed by atoms with Crippen LogP contribution in [0.2, 0.25) is 5.28 Å². The Kier molecular flexibility index (Phi) is 3.65. The Morgan fingerprint density at radius 1 is 1.19 bits per heavy atom. The van der Waals surface area contributed by atoms with Gasteiger partial charge in [0.05, 0.1) is 6.54 Å². The van der Waals surface area contributed by atoms with E-state index in [0.29, 0.717) is 19.0 Å². The molecule has 0 radical (unpaired) electrons. The number of aromatic nitrogens is 6. The van der Waals surface area contributed by atoms with Gasteiger partial charge in [-0.25, -0.2) is 4.98 Å². The second kappa shape index (κ2) is 5.60. The van der Waals surface area contributed by atoms with Gasteiger partial charge in [0.2, 0.25) is 17.1 Å². The number of carbonyl (C=O) groups is 1. The Morgan fingerprint density at radius 2 is 2.00 bits per heavy atom. The minimum atomic E-state index is 0.0198. The zero-order valence-electron chi connectivity index (χ0n) is 11.3. The second-order valence-electron chi connectivity index (χ2n) is 4.63. The van der Waals surface area contributed by atoms with Crippen molar-refractivity contribution in [1.29, 1.82) is 0 Å². The molecule has 2 aromatic rings. The van der Waals surface area contributed by atoms with Crippen LogP contribution in [0, 0.1) is 0 Å². The van der Waals surface area contributed by atoms with E-state index in [9.17, 15) is 4.79 Å². The number of halogens is 1. The summed E-state index contributed by atoms with van der Waals surface area (Å²) in [4.78, 5) is 31.7. The molecule has 1 aliphatic heterocycles. The van der Waals surface area contributed by atoms with Crippen molar-refractivity contribution in [2.75, 3.05) is 31.6 Å². The maximum absolute atomic E-state index is 11.9. The fraction of sp³-hybridized carbons (Fsp3) is 0.455. The van der Waals surface area contributed by atoms with Crippen LogP contribution < -0.4 is 4.90 Å². The number of likely N-dealkylation sites (N-methyl/N-ethyl adjacent to an activating group) is 1. The van der Waals surface area contributed by atoms with E-state index in [0.717, 1.165) is 6.42 Å². The lowest BCUT2D eigenvalue weighted by atomic mass is 10.4. The molecule has 2 aromatic heterocycles. The van der Waals surface area contributed by atoms with E-state index in [1.807, 2.05) is 0 Å². The first-order valence-corrected chi connectivity index (χ1v) is 6.77. The van der Waals surface area contributed by atoms with Gasteiger partial charge in [0, 0.05) is 20.1 Å². The average molecular weight is 309 g/mol. The zero-order chi connectivity index (χ0) is 14.8. The van der Waals surface area contributed by atoms with Gasteiger partial charge in [0.1, 0.15) is 12.7 Å². The standard InChI is InChI=1S/C11H13ClN8O/c1-18-3-2-4-19(5-8(18)21)10-15-9(12)16-11(17-10)20-7-13-6-14-20/h6-7H,2-5H2,1H3. The molecule has 0 saturated carbocycles. The number of carbonyl (C=O) groups excluding carboxylic acids is 1. The predicted octanol–water partition coefficient (Wildman–Crippen LogP) is -0.226. The Bertz CT molecular complexity index is 646. The van der Waals surface area contributed by atoms with Crippen LogP contribution in [-0.2, 0) is 4.79 Å². The second-order valence-corrected chi connectivity index (χ2v) is 4.97. The molecule has 0 aromatic carbocycles. The molecule has 1 saturated heterocycles. The van der Waals surface area contributed by atoms with E-state index >= 15 is 0 Å². The maximum atomic E-state index is 11.9. The number of anilines is 1. The molecule has 0 atom stereocenters. The highest BCUT2D eigenvalue weighted by Crippen LogP contribution is 2.15. The van der Waals surface area contributed by atoms with Crippen molar-refractivity contribution in [1.82, 2.24) is 34.6 Å². The highest BCUT2D eigenvalue weighted by atomic mass is 35.5. The summed E-state index contributed by atoms with van der Waals surface area (Å²) in [5, 5.41) is 4.01. The molecular weight excluding hydrogens is 296 g/mol. The van der Waals surface area contributed by atoms with Gasteiger partial charge in [0.15, 0.2) is 0 Å². The molecule has 0 bridgehead atoms. The van der Waals surface area contributed by atoms with Gasteiger partial charge in [-0.2, -0.15) is 24.7 Å². The molecule has 0 unspecified atom stereocenters. The molecule has 1 fully saturated rings. The van der Waals surface area contributed by atoms with Gasteiger partial charge in [-0.15, -0.1) is 0 Å². The summed E-state index contributed by atoms with van der Waals surface area (Å²) in [6.07, 6.45) is 3.68. The number of rotatable bonds is 2. The van der Waals surface area contributed by atoms with E-state index in [1.54, 1.807) is 16.8 Å². The molecule has 3 heterocycles. The van der Waals surface area contributed by atoms with Crippen LogP contribution >= 0.6 is 11.6 Å². The van der Waals surface area contributed by atoms with Gasteiger partial charge in [-0.3, -0.25) is 4.79 Å². The summed E-state index contributed by atoms with van der Waals surface area (Å²) in [6.45, 7) is 1.60. The van der Waals surface area contributed by atoms with Gasteiger partial charge in [-0.1, -0.05) is 0 Å². The highest BCUT2D eigenvalue weighted by molar-refractivity contribution is 6.28. The Hall–Kier alpha value is -2.29. The molecule has 3 rings (SSSR count). The summed E-state index contributed by atoms with van der Waals surface area (Å²) < 4.78 is 1.39. The molecule has 10 heteroatoms. The molecule has 0 spiro atoms. The molecule has 9 nitrogen and oxygen atoms in total. The maximum Gasteiger partial charge on any atom is 0.258 e. The minimum Gasteiger partial charge on any atom is -0.344 e. The van der Waals surface area contributed by atoms with Crippen LogP contribution in [0.15, 0.2) is 12.7 Å². The SMILES string of the molecule is CN1CCCN(c2nc(Cl)nc(-n3cncn3)n2)CC1=O. The van der Waals surface area contributed by atoms with E-state index in [-0.39, 0.29) is 23.7 Å². The fourth-order valence-corrected chi connectivity index (χ4v) is 2.19. The van der Waals surface area contributed by atoms with Crippen LogP contribution in [0.1, 0.15) is 6.42 Å². The zero-order valence-corrected chi connectivity index (χ0v) is 12.1. The molecular formula is C11H13ClN8O. The minimum absolute atomic E-state index is 0.0198. The summed E-state index contributed by atoms with van der Waals surface area (Å²) in [5.41, 5.74) is 0. The van der Waals surface area contributed by atoms with Gasteiger partial charge < -0.3 is 9.80 Å². The topological polar surface area (TPSA) is 92.9 Å². The lowest BCUT2D eigenvalue weighted by molar-refractivity contribution is -0.127. The Labute approximate surface area is 125 Å². The fourth-order valence-electron chi connectivity index (χ4n) is 2.04. The smallest absolute Gasteiger partial charge is 0.258 e. The normalized spacial score (nSPS) is 16.2. The van der Waals surface area contributed by atoms with Crippen molar-refractivity contribution >= 4 is 23.5 Å². The monoisotopic (exact) mass is 308 g/mol. The van der Waals surface area contributed by atoms with Crippen molar-refractivity contribution < 1.29 is 4.79 Å². The summed E-state index contributed by atoms with van der Waals surface area (Å²) in [6, 6.07) is 0. The molecule has 21 heavy (non-hydrogen) atoms. The first kappa shape index (κ1) is 13.7. The average Bonchev–Trinajstić information content (AvgIpc) is 2.94. The summed E-state index contributed by atoms with van der Waals surface area (Å²) in [5.74, 6) is 0.656. The van der Waals surface area contributed by atoms with Crippen LogP contribution in [0.25, 0.3) is 5.95 Å². The lowest BCUT2D eigenvalue weighted by Crippen LogP contribution is -2.35. The Balaban J connectivity index is 1.93. The first-order valence-electron chi connectivity index (χ1n) is 6.39. The van der Waals surface area contributed by atoms with Crippen LogP contribution in [-0.4, -0.2) is 67.2 Å². The van der Waals surface area contributed by atoms with Crippen molar-refractivity contribution in [3.63, 3.8) is 0 Å². The third kappa shape index (κ3) is 2.92. The quantitative estimate of drug-likeness (QED) is 0.756. The van der Waals surface area contributed by atoms with E-state index in [4.69, 9.17) is 11.6 Å². The third-order valence-corrected chi connectivity index (χ3v) is 3.33. The summed E-state index contributed by atoms with van der Waals surface area (Å²) in [7, 11) is 1.78. The van der Waals surface area contributed by atoms with Crippen molar-refractivity contribution in [2.24, 2.45) is 0 Å². The number of amides is 1. The predicted molar refractivity (Wildman–Crippen MR) is 74.2 cm³/mol. The van der Waals surface area contributed by atoms with Gasteiger partial charge >= 0.3 is 0 Å². The molecule has 110 valence electrons. The van der Waals surface area contributed by atoms with Crippen molar-refractivity contribution in [3.8, 4) is 5.95 Å². The number of nitrogens with zero attached hydrogens (tertiary/aromatic N) is 8.